The van der Waals surface area contributed by atoms with E-state index in [-0.39, 0.29) is 11.8 Å². The number of hydrogen-bond acceptors (Lipinski definition) is 5. The molecule has 3 aromatic rings. The normalized spacial score (nSPS) is 16.9. The molecule has 0 aromatic heterocycles. The quantitative estimate of drug-likeness (QED) is 0.496. The molecule has 2 heterocycles. The van der Waals surface area contributed by atoms with Crippen molar-refractivity contribution >= 4 is 38.5 Å². The number of benzene rings is 3. The van der Waals surface area contributed by atoms with Crippen LogP contribution < -0.4 is 14.2 Å². The van der Waals surface area contributed by atoms with Gasteiger partial charge in [-0.3, -0.25) is 9.59 Å². The van der Waals surface area contributed by atoms with Gasteiger partial charge < -0.3 is 24.0 Å². The SMILES string of the molecule is COc1cc2c(OC)cccc2cc1C(=O)N1CCC2(CC1)Oc1ccc(Br)cc1C(=O)N2C. The van der Waals surface area contributed by atoms with Crippen LogP contribution in [0, 0.1) is 0 Å². The molecule has 2 aliphatic rings. The monoisotopic (exact) mass is 524 g/mol. The number of hydrogen-bond donors (Lipinski definition) is 0. The predicted molar refractivity (Wildman–Crippen MR) is 132 cm³/mol. The number of methoxy groups -OCH3 is 2. The first-order valence-corrected chi connectivity index (χ1v) is 11.9. The molecule has 1 saturated heterocycles. The van der Waals surface area contributed by atoms with Crippen molar-refractivity contribution in [3.05, 3.63) is 64.1 Å². The summed E-state index contributed by atoms with van der Waals surface area (Å²) in [5.74, 6) is 1.63. The molecule has 3 aromatic carbocycles. The summed E-state index contributed by atoms with van der Waals surface area (Å²) in [7, 11) is 4.95. The van der Waals surface area contributed by atoms with E-state index in [1.807, 2.05) is 42.5 Å². The highest BCUT2D eigenvalue weighted by molar-refractivity contribution is 9.10. The number of fused-ring (bicyclic) bond motifs is 2. The molecule has 0 atom stereocenters. The molecule has 0 N–H and O–H groups in total. The van der Waals surface area contributed by atoms with Crippen LogP contribution in [-0.4, -0.2) is 61.7 Å². The van der Waals surface area contributed by atoms with Gasteiger partial charge in [-0.25, -0.2) is 0 Å². The fraction of sp³-hybridized carbons (Fsp3) is 0.308. The van der Waals surface area contributed by atoms with Crippen LogP contribution in [0.1, 0.15) is 33.6 Å². The molecule has 0 aliphatic carbocycles. The highest BCUT2D eigenvalue weighted by Crippen LogP contribution is 2.40. The van der Waals surface area contributed by atoms with Gasteiger partial charge in [0.2, 0.25) is 0 Å². The van der Waals surface area contributed by atoms with Gasteiger partial charge in [-0.15, -0.1) is 0 Å². The Morgan fingerprint density at radius 1 is 1.03 bits per heavy atom. The highest BCUT2D eigenvalue weighted by atomic mass is 79.9. The van der Waals surface area contributed by atoms with Crippen LogP contribution in [0.3, 0.4) is 0 Å². The number of piperidine rings is 1. The summed E-state index contributed by atoms with van der Waals surface area (Å²) in [6, 6.07) is 14.9. The molecule has 34 heavy (non-hydrogen) atoms. The zero-order chi connectivity index (χ0) is 24.0. The maximum Gasteiger partial charge on any atom is 0.260 e. The number of halogens is 1. The lowest BCUT2D eigenvalue weighted by atomic mass is 9.94. The lowest BCUT2D eigenvalue weighted by Crippen LogP contribution is -2.62. The Morgan fingerprint density at radius 3 is 2.47 bits per heavy atom. The lowest BCUT2D eigenvalue weighted by molar-refractivity contribution is -0.0960. The lowest BCUT2D eigenvalue weighted by Gasteiger charge is -2.49. The standard InChI is InChI=1S/C26H25BrN2O5/c1-28-24(30)20-14-17(27)7-8-22(20)34-26(28)9-11-29(12-10-26)25(31)19-13-16-5-4-6-21(32-2)18(16)15-23(19)33-3/h4-8,13-15H,9-12H2,1-3H3. The molecule has 2 aliphatic heterocycles. The number of rotatable bonds is 3. The molecular formula is C26H25BrN2O5. The second-order valence-corrected chi connectivity index (χ2v) is 9.49. The van der Waals surface area contributed by atoms with Gasteiger partial charge >= 0.3 is 0 Å². The highest BCUT2D eigenvalue weighted by Gasteiger charge is 2.47. The first kappa shape index (κ1) is 22.5. The molecule has 7 nitrogen and oxygen atoms in total. The Morgan fingerprint density at radius 2 is 1.76 bits per heavy atom. The van der Waals surface area contributed by atoms with Gasteiger partial charge in [-0.2, -0.15) is 0 Å². The Labute approximate surface area is 206 Å². The van der Waals surface area contributed by atoms with Gasteiger partial charge in [-0.1, -0.05) is 28.1 Å². The van der Waals surface area contributed by atoms with Gasteiger partial charge in [0.05, 0.1) is 25.3 Å². The first-order valence-electron chi connectivity index (χ1n) is 11.1. The van der Waals surface area contributed by atoms with E-state index in [9.17, 15) is 9.59 Å². The third-order valence-corrected chi connectivity index (χ3v) is 7.32. The van der Waals surface area contributed by atoms with Crippen molar-refractivity contribution < 1.29 is 23.8 Å². The molecule has 2 amide bonds. The van der Waals surface area contributed by atoms with Crippen LogP contribution in [0.4, 0.5) is 0 Å². The fourth-order valence-electron chi connectivity index (χ4n) is 4.86. The molecule has 8 heteroatoms. The Bertz CT molecular complexity index is 1300. The van der Waals surface area contributed by atoms with Crippen molar-refractivity contribution in [2.75, 3.05) is 34.4 Å². The second-order valence-electron chi connectivity index (χ2n) is 8.58. The Hall–Kier alpha value is -3.26. The molecule has 1 spiro atoms. The zero-order valence-corrected chi connectivity index (χ0v) is 20.8. The van der Waals surface area contributed by atoms with Crippen molar-refractivity contribution in [2.24, 2.45) is 0 Å². The van der Waals surface area contributed by atoms with E-state index < -0.39 is 5.72 Å². The average Bonchev–Trinajstić information content (AvgIpc) is 2.86. The topological polar surface area (TPSA) is 68.3 Å². The summed E-state index contributed by atoms with van der Waals surface area (Å²) in [6.45, 7) is 0.920. The van der Waals surface area contributed by atoms with E-state index in [1.54, 1.807) is 37.1 Å². The molecule has 0 bridgehead atoms. The molecule has 0 saturated carbocycles. The van der Waals surface area contributed by atoms with Gasteiger partial charge in [0.15, 0.2) is 5.72 Å². The van der Waals surface area contributed by atoms with Crippen LogP contribution in [-0.2, 0) is 0 Å². The number of nitrogens with zero attached hydrogens (tertiary/aromatic N) is 2. The number of carbonyl (C=O) groups is 2. The van der Waals surface area contributed by atoms with Crippen molar-refractivity contribution in [1.82, 2.24) is 9.80 Å². The van der Waals surface area contributed by atoms with Crippen molar-refractivity contribution in [1.29, 1.82) is 0 Å². The summed E-state index contributed by atoms with van der Waals surface area (Å²) in [5, 5.41) is 1.79. The summed E-state index contributed by atoms with van der Waals surface area (Å²) in [6.07, 6.45) is 1.03. The Balaban J connectivity index is 1.40. The maximum atomic E-state index is 13.5. The van der Waals surface area contributed by atoms with E-state index in [0.29, 0.717) is 48.6 Å². The number of likely N-dealkylation sites (tertiary alicyclic amines) is 1. The van der Waals surface area contributed by atoms with E-state index in [0.717, 1.165) is 21.0 Å². The molecular weight excluding hydrogens is 500 g/mol. The van der Waals surface area contributed by atoms with Gasteiger partial charge in [0.25, 0.3) is 11.8 Å². The van der Waals surface area contributed by atoms with Crippen molar-refractivity contribution in [2.45, 2.75) is 18.6 Å². The van der Waals surface area contributed by atoms with E-state index in [2.05, 4.69) is 15.9 Å². The number of carbonyl (C=O) groups excluding carboxylic acids is 2. The minimum Gasteiger partial charge on any atom is -0.496 e. The van der Waals surface area contributed by atoms with E-state index in [4.69, 9.17) is 14.2 Å². The summed E-state index contributed by atoms with van der Waals surface area (Å²) < 4.78 is 18.2. The van der Waals surface area contributed by atoms with Crippen LogP contribution in [0.2, 0.25) is 0 Å². The molecule has 0 unspecified atom stereocenters. The van der Waals surface area contributed by atoms with Crippen molar-refractivity contribution in [3.63, 3.8) is 0 Å². The smallest absolute Gasteiger partial charge is 0.260 e. The molecule has 0 radical (unpaired) electrons. The zero-order valence-electron chi connectivity index (χ0n) is 19.3. The molecule has 1 fully saturated rings. The largest absolute Gasteiger partial charge is 0.496 e. The summed E-state index contributed by atoms with van der Waals surface area (Å²) in [4.78, 5) is 30.0. The first-order chi connectivity index (χ1) is 16.4. The van der Waals surface area contributed by atoms with Crippen molar-refractivity contribution in [3.8, 4) is 17.2 Å². The van der Waals surface area contributed by atoms with Gasteiger partial charge in [0.1, 0.15) is 17.2 Å². The predicted octanol–water partition coefficient (Wildman–Crippen LogP) is 4.72. The third-order valence-electron chi connectivity index (χ3n) is 6.83. The number of ether oxygens (including phenoxy) is 3. The van der Waals surface area contributed by atoms with E-state index in [1.165, 1.54) is 0 Å². The molecule has 176 valence electrons. The van der Waals surface area contributed by atoms with Crippen LogP contribution in [0.5, 0.6) is 17.2 Å². The summed E-state index contributed by atoms with van der Waals surface area (Å²) in [5.41, 5.74) is 0.274. The van der Waals surface area contributed by atoms with Gasteiger partial charge in [0, 0.05) is 42.8 Å². The molecule has 5 rings (SSSR count). The van der Waals surface area contributed by atoms with Crippen LogP contribution in [0.25, 0.3) is 10.8 Å². The van der Waals surface area contributed by atoms with Crippen LogP contribution >= 0.6 is 15.9 Å². The minimum absolute atomic E-state index is 0.0764. The second kappa shape index (κ2) is 8.51. The maximum absolute atomic E-state index is 13.5. The Kier molecular flexibility index (Phi) is 5.64. The van der Waals surface area contributed by atoms with Gasteiger partial charge in [-0.05, 0) is 41.8 Å². The average molecular weight is 525 g/mol. The number of amides is 2. The van der Waals surface area contributed by atoms with Crippen LogP contribution in [0.15, 0.2) is 53.0 Å². The van der Waals surface area contributed by atoms with E-state index >= 15 is 0 Å². The fourth-order valence-corrected chi connectivity index (χ4v) is 5.22. The summed E-state index contributed by atoms with van der Waals surface area (Å²) >= 11 is 3.42. The minimum atomic E-state index is -0.768. The third kappa shape index (κ3) is 3.57.